The minimum absolute atomic E-state index is 0.180. The first-order valence-corrected chi connectivity index (χ1v) is 11.5. The Morgan fingerprint density at radius 3 is 2.58 bits per heavy atom. The zero-order valence-electron chi connectivity index (χ0n) is 20.2. The van der Waals surface area contributed by atoms with Gasteiger partial charge in [-0.15, -0.1) is 0 Å². The number of anilines is 1. The van der Waals surface area contributed by atoms with Crippen LogP contribution >= 0.6 is 0 Å². The predicted octanol–water partition coefficient (Wildman–Crippen LogP) is 5.50. The number of benzene rings is 2. The first-order valence-electron chi connectivity index (χ1n) is 11.5. The van der Waals surface area contributed by atoms with Crippen molar-refractivity contribution in [3.8, 4) is 0 Å². The Morgan fingerprint density at radius 1 is 1.08 bits per heavy atom. The summed E-state index contributed by atoms with van der Waals surface area (Å²) < 4.78 is 45.9. The van der Waals surface area contributed by atoms with E-state index in [2.05, 4.69) is 10.3 Å². The van der Waals surface area contributed by atoms with Gasteiger partial charge in [0.2, 0.25) is 0 Å². The third-order valence-electron chi connectivity index (χ3n) is 5.63. The lowest BCUT2D eigenvalue weighted by Gasteiger charge is -2.31. The van der Waals surface area contributed by atoms with Crippen LogP contribution in [0.25, 0.3) is 0 Å². The summed E-state index contributed by atoms with van der Waals surface area (Å²) >= 11 is 0. The lowest BCUT2D eigenvalue weighted by Crippen LogP contribution is -2.39. The van der Waals surface area contributed by atoms with Gasteiger partial charge in [0.1, 0.15) is 5.60 Å². The van der Waals surface area contributed by atoms with Crippen LogP contribution in [0.15, 0.2) is 55.0 Å². The average molecular weight is 501 g/mol. The van der Waals surface area contributed by atoms with Crippen molar-refractivity contribution >= 4 is 17.8 Å². The fourth-order valence-electron chi connectivity index (χ4n) is 3.93. The number of halogens is 3. The van der Waals surface area contributed by atoms with Crippen LogP contribution in [0.1, 0.15) is 53.4 Å². The van der Waals surface area contributed by atoms with Crippen LogP contribution in [0, 0.1) is 0 Å². The number of fused-ring (bicyclic) bond motifs is 1. The molecule has 2 aromatic carbocycles. The molecule has 0 aliphatic carbocycles. The lowest BCUT2D eigenvalue weighted by atomic mass is 9.97. The molecular weight excluding hydrogens is 473 g/mol. The highest BCUT2D eigenvalue weighted by molar-refractivity contribution is 6.03. The van der Waals surface area contributed by atoms with Crippen LogP contribution in [0.5, 0.6) is 0 Å². The number of amides is 2. The average Bonchev–Trinajstić information content (AvgIpc) is 3.23. The highest BCUT2D eigenvalue weighted by Crippen LogP contribution is 2.30. The standard InChI is InChI=1S/C26H27F3N4O3/c1-25(2,3)36-24(35)33-10-9-18-12-19(7-8-20(18)14-33)23(34)31-22-15-32(16-30-22)13-17-5-4-6-21(11-17)26(27,28)29/h4-8,11-12,15-16H,9-10,13-14H2,1-3H3,(H,31,34). The maximum atomic E-state index is 12.9. The monoisotopic (exact) mass is 500 g/mol. The minimum atomic E-state index is -4.41. The fourth-order valence-corrected chi connectivity index (χ4v) is 3.93. The molecule has 0 saturated carbocycles. The molecule has 36 heavy (non-hydrogen) atoms. The third-order valence-corrected chi connectivity index (χ3v) is 5.63. The van der Waals surface area contributed by atoms with Crippen LogP contribution in [-0.2, 0) is 30.4 Å². The molecule has 0 unspecified atom stereocenters. The Balaban J connectivity index is 1.38. The van der Waals surface area contributed by atoms with E-state index in [9.17, 15) is 22.8 Å². The van der Waals surface area contributed by atoms with Gasteiger partial charge in [-0.2, -0.15) is 13.2 Å². The Bertz CT molecular complexity index is 1280. The van der Waals surface area contributed by atoms with Gasteiger partial charge in [-0.3, -0.25) is 4.79 Å². The Labute approximate surface area is 206 Å². The summed E-state index contributed by atoms with van der Waals surface area (Å²) in [6.07, 6.45) is -1.16. The zero-order valence-corrected chi connectivity index (χ0v) is 20.2. The first kappa shape index (κ1) is 25.3. The van der Waals surface area contributed by atoms with Gasteiger partial charge in [-0.1, -0.05) is 18.2 Å². The van der Waals surface area contributed by atoms with E-state index in [1.807, 2.05) is 26.8 Å². The molecular formula is C26H27F3N4O3. The van der Waals surface area contributed by atoms with Crippen molar-refractivity contribution in [3.05, 3.63) is 82.8 Å². The predicted molar refractivity (Wildman–Crippen MR) is 128 cm³/mol. The second-order valence-corrected chi connectivity index (χ2v) is 9.72. The van der Waals surface area contributed by atoms with E-state index in [-0.39, 0.29) is 18.5 Å². The maximum absolute atomic E-state index is 12.9. The Hall–Kier alpha value is -3.82. The molecule has 1 aliphatic heterocycles. The molecule has 1 aliphatic rings. The minimum Gasteiger partial charge on any atom is -0.444 e. The van der Waals surface area contributed by atoms with Crippen LogP contribution < -0.4 is 5.32 Å². The van der Waals surface area contributed by atoms with Gasteiger partial charge in [-0.05, 0) is 68.1 Å². The van der Waals surface area contributed by atoms with Crippen molar-refractivity contribution in [3.63, 3.8) is 0 Å². The summed E-state index contributed by atoms with van der Waals surface area (Å²) in [5, 5.41) is 2.72. The highest BCUT2D eigenvalue weighted by atomic mass is 19.4. The van der Waals surface area contributed by atoms with Crippen molar-refractivity contribution < 1.29 is 27.5 Å². The quantitative estimate of drug-likeness (QED) is 0.514. The molecule has 0 saturated heterocycles. The fraction of sp³-hybridized carbons (Fsp3) is 0.346. The number of carbonyl (C=O) groups is 2. The largest absolute Gasteiger partial charge is 0.444 e. The van der Waals surface area contributed by atoms with E-state index in [0.717, 1.165) is 23.3 Å². The molecule has 2 heterocycles. The van der Waals surface area contributed by atoms with Gasteiger partial charge in [-0.25, -0.2) is 9.78 Å². The molecule has 10 heteroatoms. The van der Waals surface area contributed by atoms with Crippen LogP contribution in [0.3, 0.4) is 0 Å². The molecule has 1 N–H and O–H groups in total. The zero-order chi connectivity index (χ0) is 26.1. The van der Waals surface area contributed by atoms with Crippen molar-refractivity contribution in [1.82, 2.24) is 14.5 Å². The molecule has 0 spiro atoms. The summed E-state index contributed by atoms with van der Waals surface area (Å²) in [6, 6.07) is 10.4. The van der Waals surface area contributed by atoms with Crippen LogP contribution in [-0.4, -0.2) is 38.6 Å². The molecule has 0 fully saturated rings. The summed E-state index contributed by atoms with van der Waals surface area (Å²) in [6.45, 7) is 6.55. The molecule has 4 rings (SSSR count). The van der Waals surface area contributed by atoms with Gasteiger partial charge in [0.05, 0.1) is 11.9 Å². The molecule has 3 aromatic rings. The van der Waals surface area contributed by atoms with Crippen molar-refractivity contribution in [1.29, 1.82) is 0 Å². The molecule has 190 valence electrons. The van der Waals surface area contributed by atoms with Gasteiger partial charge >= 0.3 is 12.3 Å². The number of alkyl halides is 3. The van der Waals surface area contributed by atoms with Gasteiger partial charge in [0.25, 0.3) is 5.91 Å². The third kappa shape index (κ3) is 6.24. The normalized spacial score (nSPS) is 13.8. The smallest absolute Gasteiger partial charge is 0.416 e. The van der Waals surface area contributed by atoms with E-state index in [1.165, 1.54) is 12.4 Å². The molecule has 7 nitrogen and oxygen atoms in total. The number of hydrogen-bond acceptors (Lipinski definition) is 4. The lowest BCUT2D eigenvalue weighted by molar-refractivity contribution is -0.137. The van der Waals surface area contributed by atoms with Crippen molar-refractivity contribution in [2.24, 2.45) is 0 Å². The van der Waals surface area contributed by atoms with Crippen LogP contribution in [0.4, 0.5) is 23.8 Å². The number of aromatic nitrogens is 2. The Morgan fingerprint density at radius 2 is 1.86 bits per heavy atom. The second kappa shape index (κ2) is 9.67. The van der Waals surface area contributed by atoms with Crippen molar-refractivity contribution in [2.45, 2.75) is 52.1 Å². The number of ether oxygens (including phenoxy) is 1. The van der Waals surface area contributed by atoms with Gasteiger partial charge < -0.3 is 19.5 Å². The van der Waals surface area contributed by atoms with Crippen molar-refractivity contribution in [2.75, 3.05) is 11.9 Å². The number of carbonyl (C=O) groups excluding carboxylic acids is 2. The number of nitrogens with zero attached hydrogens (tertiary/aromatic N) is 3. The molecule has 0 radical (unpaired) electrons. The summed E-state index contributed by atoms with van der Waals surface area (Å²) in [7, 11) is 0. The van der Waals surface area contributed by atoms with E-state index < -0.39 is 17.3 Å². The van der Waals surface area contributed by atoms with E-state index in [0.29, 0.717) is 36.5 Å². The number of imidazole rings is 1. The SMILES string of the molecule is CC(C)(C)OC(=O)N1CCc2cc(C(=O)Nc3cn(Cc4cccc(C(F)(F)F)c4)cn3)ccc2C1. The summed E-state index contributed by atoms with van der Waals surface area (Å²) in [5.74, 6) is -0.0579. The topological polar surface area (TPSA) is 76.5 Å². The van der Waals surface area contributed by atoms with E-state index in [4.69, 9.17) is 4.74 Å². The molecule has 1 aromatic heterocycles. The van der Waals surface area contributed by atoms with Crippen LogP contribution in [0.2, 0.25) is 0 Å². The molecule has 0 atom stereocenters. The first-order chi connectivity index (χ1) is 16.9. The maximum Gasteiger partial charge on any atom is 0.416 e. The van der Waals surface area contributed by atoms with Gasteiger partial charge in [0, 0.05) is 31.4 Å². The van der Waals surface area contributed by atoms with E-state index in [1.54, 1.807) is 33.9 Å². The summed E-state index contributed by atoms with van der Waals surface area (Å²) in [5.41, 5.74) is 1.57. The number of rotatable bonds is 4. The molecule has 2 amide bonds. The molecule has 0 bridgehead atoms. The number of hydrogen-bond donors (Lipinski definition) is 1. The van der Waals surface area contributed by atoms with E-state index >= 15 is 0 Å². The van der Waals surface area contributed by atoms with Gasteiger partial charge in [0.15, 0.2) is 5.82 Å². The highest BCUT2D eigenvalue weighted by Gasteiger charge is 2.30. The Kier molecular flexibility index (Phi) is 6.79. The summed E-state index contributed by atoms with van der Waals surface area (Å²) in [4.78, 5) is 30.9. The second-order valence-electron chi connectivity index (χ2n) is 9.72. The number of nitrogens with one attached hydrogen (secondary N) is 1.